The fourth-order valence-corrected chi connectivity index (χ4v) is 2.72. The standard InChI is InChI=1S/C15H22N2O2/c18-12-15(8-2-1-3-9-15)17-14(19)5-4-13-6-10-16-11-7-13/h6-7,10-11,18H,1-5,8-9,12H2,(H,17,19). The van der Waals surface area contributed by atoms with Gasteiger partial charge >= 0.3 is 0 Å². The summed E-state index contributed by atoms with van der Waals surface area (Å²) in [5.41, 5.74) is 0.750. The van der Waals surface area contributed by atoms with Gasteiger partial charge in [0, 0.05) is 18.8 Å². The summed E-state index contributed by atoms with van der Waals surface area (Å²) in [6, 6.07) is 3.85. The molecule has 1 fully saturated rings. The molecule has 1 aliphatic rings. The van der Waals surface area contributed by atoms with Crippen molar-refractivity contribution in [3.8, 4) is 0 Å². The predicted molar refractivity (Wildman–Crippen MR) is 73.6 cm³/mol. The average Bonchev–Trinajstić information content (AvgIpc) is 2.47. The number of amides is 1. The summed E-state index contributed by atoms with van der Waals surface area (Å²) in [7, 11) is 0. The van der Waals surface area contributed by atoms with Crippen LogP contribution in [-0.2, 0) is 11.2 Å². The van der Waals surface area contributed by atoms with E-state index < -0.39 is 0 Å². The fourth-order valence-electron chi connectivity index (χ4n) is 2.72. The highest BCUT2D eigenvalue weighted by molar-refractivity contribution is 5.77. The zero-order valence-corrected chi connectivity index (χ0v) is 11.3. The first-order chi connectivity index (χ1) is 9.24. The molecule has 1 amide bonds. The SMILES string of the molecule is O=C(CCc1ccncc1)NC1(CO)CCCCC1. The summed E-state index contributed by atoms with van der Waals surface area (Å²) in [6.07, 6.45) is 9.83. The van der Waals surface area contributed by atoms with Crippen molar-refractivity contribution >= 4 is 5.91 Å². The number of rotatable bonds is 5. The van der Waals surface area contributed by atoms with Gasteiger partial charge < -0.3 is 10.4 Å². The van der Waals surface area contributed by atoms with Gasteiger partial charge in [0.1, 0.15) is 0 Å². The molecule has 0 unspecified atom stereocenters. The molecule has 1 aliphatic carbocycles. The first kappa shape index (κ1) is 14.0. The lowest BCUT2D eigenvalue weighted by atomic mass is 9.82. The number of aromatic nitrogens is 1. The van der Waals surface area contributed by atoms with Gasteiger partial charge in [-0.25, -0.2) is 0 Å². The summed E-state index contributed by atoms with van der Waals surface area (Å²) in [4.78, 5) is 16.0. The van der Waals surface area contributed by atoms with E-state index in [1.54, 1.807) is 12.4 Å². The summed E-state index contributed by atoms with van der Waals surface area (Å²) in [5.74, 6) is 0.0350. The minimum absolute atomic E-state index is 0.0350. The van der Waals surface area contributed by atoms with Crippen LogP contribution in [0.1, 0.15) is 44.1 Å². The number of aliphatic hydroxyl groups is 1. The highest BCUT2D eigenvalue weighted by Crippen LogP contribution is 2.27. The Morgan fingerprint density at radius 2 is 1.95 bits per heavy atom. The number of aliphatic hydroxyl groups excluding tert-OH is 1. The molecule has 0 radical (unpaired) electrons. The third-order valence-corrected chi connectivity index (χ3v) is 3.91. The van der Waals surface area contributed by atoms with Crippen LogP contribution in [0.3, 0.4) is 0 Å². The summed E-state index contributed by atoms with van der Waals surface area (Å²) < 4.78 is 0. The van der Waals surface area contributed by atoms with E-state index in [0.717, 1.165) is 37.7 Å². The molecule has 1 heterocycles. The van der Waals surface area contributed by atoms with Crippen molar-refractivity contribution < 1.29 is 9.90 Å². The molecular formula is C15H22N2O2. The summed E-state index contributed by atoms with van der Waals surface area (Å²) in [6.45, 7) is 0.0496. The van der Waals surface area contributed by atoms with E-state index >= 15 is 0 Å². The van der Waals surface area contributed by atoms with E-state index in [1.807, 2.05) is 12.1 Å². The van der Waals surface area contributed by atoms with Crippen molar-refractivity contribution in [3.05, 3.63) is 30.1 Å². The molecule has 0 spiro atoms. The largest absolute Gasteiger partial charge is 0.394 e. The zero-order valence-electron chi connectivity index (χ0n) is 11.3. The number of hydrogen-bond acceptors (Lipinski definition) is 3. The summed E-state index contributed by atoms with van der Waals surface area (Å²) in [5, 5.41) is 12.6. The lowest BCUT2D eigenvalue weighted by Gasteiger charge is -2.36. The number of carbonyl (C=O) groups excluding carboxylic acids is 1. The van der Waals surface area contributed by atoms with Crippen LogP contribution in [0.25, 0.3) is 0 Å². The van der Waals surface area contributed by atoms with E-state index in [9.17, 15) is 9.90 Å². The number of nitrogens with one attached hydrogen (secondary N) is 1. The Labute approximate surface area is 114 Å². The van der Waals surface area contributed by atoms with Crippen molar-refractivity contribution in [3.63, 3.8) is 0 Å². The first-order valence-corrected chi connectivity index (χ1v) is 7.05. The zero-order chi connectivity index (χ0) is 13.6. The van der Waals surface area contributed by atoms with Gasteiger partial charge in [0.25, 0.3) is 0 Å². The molecule has 2 N–H and O–H groups in total. The van der Waals surface area contributed by atoms with Gasteiger partial charge in [0.05, 0.1) is 12.1 Å². The van der Waals surface area contributed by atoms with Gasteiger partial charge in [0.15, 0.2) is 0 Å². The van der Waals surface area contributed by atoms with E-state index in [0.29, 0.717) is 6.42 Å². The maximum atomic E-state index is 12.0. The number of pyridine rings is 1. The number of nitrogens with zero attached hydrogens (tertiary/aromatic N) is 1. The van der Waals surface area contributed by atoms with Crippen molar-refractivity contribution in [2.24, 2.45) is 0 Å². The molecule has 104 valence electrons. The van der Waals surface area contributed by atoms with Crippen molar-refractivity contribution in [2.45, 2.75) is 50.5 Å². The highest BCUT2D eigenvalue weighted by atomic mass is 16.3. The average molecular weight is 262 g/mol. The number of carbonyl (C=O) groups is 1. The molecule has 1 aromatic rings. The molecule has 0 saturated heterocycles. The highest BCUT2D eigenvalue weighted by Gasteiger charge is 2.32. The van der Waals surface area contributed by atoms with Gasteiger partial charge in [-0.3, -0.25) is 9.78 Å². The third-order valence-electron chi connectivity index (χ3n) is 3.91. The normalized spacial score (nSPS) is 17.9. The van der Waals surface area contributed by atoms with E-state index in [-0.39, 0.29) is 18.1 Å². The predicted octanol–water partition coefficient (Wildman–Crippen LogP) is 1.83. The van der Waals surface area contributed by atoms with Gasteiger partial charge in [-0.05, 0) is 37.0 Å². The van der Waals surface area contributed by atoms with Crippen LogP contribution in [0.4, 0.5) is 0 Å². The van der Waals surface area contributed by atoms with Gasteiger partial charge in [-0.15, -0.1) is 0 Å². The molecular weight excluding hydrogens is 240 g/mol. The van der Waals surface area contributed by atoms with Crippen molar-refractivity contribution in [1.29, 1.82) is 0 Å². The van der Waals surface area contributed by atoms with Gasteiger partial charge in [0.2, 0.25) is 5.91 Å². The Hall–Kier alpha value is -1.42. The molecule has 0 aliphatic heterocycles. The van der Waals surface area contributed by atoms with Crippen LogP contribution in [0.15, 0.2) is 24.5 Å². The monoisotopic (exact) mass is 262 g/mol. The Morgan fingerprint density at radius 3 is 2.58 bits per heavy atom. The van der Waals surface area contributed by atoms with Crippen LogP contribution in [0, 0.1) is 0 Å². The Bertz CT molecular complexity index is 400. The molecule has 0 bridgehead atoms. The number of aryl methyl sites for hydroxylation is 1. The molecule has 0 atom stereocenters. The fraction of sp³-hybridized carbons (Fsp3) is 0.600. The van der Waals surface area contributed by atoms with Gasteiger partial charge in [-0.1, -0.05) is 19.3 Å². The smallest absolute Gasteiger partial charge is 0.220 e. The van der Waals surface area contributed by atoms with Crippen LogP contribution in [0.2, 0.25) is 0 Å². The summed E-state index contributed by atoms with van der Waals surface area (Å²) >= 11 is 0. The number of hydrogen-bond donors (Lipinski definition) is 2. The Kier molecular flexibility index (Phi) is 4.91. The third kappa shape index (κ3) is 4.03. The van der Waals surface area contributed by atoms with Crippen LogP contribution < -0.4 is 5.32 Å². The van der Waals surface area contributed by atoms with Crippen LogP contribution in [0.5, 0.6) is 0 Å². The lowest BCUT2D eigenvalue weighted by Crippen LogP contribution is -2.52. The minimum Gasteiger partial charge on any atom is -0.394 e. The molecule has 19 heavy (non-hydrogen) atoms. The molecule has 4 heteroatoms. The minimum atomic E-state index is -0.367. The maximum Gasteiger partial charge on any atom is 0.220 e. The molecule has 2 rings (SSSR count). The Balaban J connectivity index is 1.83. The van der Waals surface area contributed by atoms with E-state index in [4.69, 9.17) is 0 Å². The Morgan fingerprint density at radius 1 is 1.26 bits per heavy atom. The molecule has 4 nitrogen and oxygen atoms in total. The molecule has 1 saturated carbocycles. The van der Waals surface area contributed by atoms with Crippen molar-refractivity contribution in [2.75, 3.05) is 6.61 Å². The van der Waals surface area contributed by atoms with E-state index in [2.05, 4.69) is 10.3 Å². The quantitative estimate of drug-likeness (QED) is 0.851. The first-order valence-electron chi connectivity index (χ1n) is 7.05. The second-order valence-electron chi connectivity index (χ2n) is 5.40. The second-order valence-corrected chi connectivity index (χ2v) is 5.40. The second kappa shape index (κ2) is 6.66. The van der Waals surface area contributed by atoms with Crippen molar-refractivity contribution in [1.82, 2.24) is 10.3 Å². The molecule has 1 aromatic heterocycles. The molecule has 0 aromatic carbocycles. The van der Waals surface area contributed by atoms with Gasteiger partial charge in [-0.2, -0.15) is 0 Å². The topological polar surface area (TPSA) is 62.2 Å². The van der Waals surface area contributed by atoms with Crippen LogP contribution in [-0.4, -0.2) is 28.1 Å². The maximum absolute atomic E-state index is 12.0. The van der Waals surface area contributed by atoms with Crippen LogP contribution >= 0.6 is 0 Å². The lowest BCUT2D eigenvalue weighted by molar-refractivity contribution is -0.124. The van der Waals surface area contributed by atoms with E-state index in [1.165, 1.54) is 6.42 Å².